The van der Waals surface area contributed by atoms with E-state index in [1.807, 2.05) is 6.92 Å². The summed E-state index contributed by atoms with van der Waals surface area (Å²) >= 11 is 5.86. The number of halogens is 4. The summed E-state index contributed by atoms with van der Waals surface area (Å²) in [6, 6.07) is 4.62. The van der Waals surface area contributed by atoms with Crippen LogP contribution < -0.4 is 4.74 Å². The number of aliphatic hydroxyl groups excluding tert-OH is 1. The largest absolute Gasteiger partial charge is 0.492 e. The van der Waals surface area contributed by atoms with E-state index in [0.717, 1.165) is 12.6 Å². The fourth-order valence-corrected chi connectivity index (χ4v) is 2.17. The molecule has 0 amide bonds. The number of aliphatic hydroxyl groups is 1. The van der Waals surface area contributed by atoms with E-state index in [4.69, 9.17) is 16.3 Å². The molecule has 1 N–H and O–H groups in total. The smallest absolute Gasteiger partial charge is 0.418 e. The molecule has 0 bridgehead atoms. The van der Waals surface area contributed by atoms with Crippen LogP contribution in [-0.4, -0.2) is 22.9 Å². The Morgan fingerprint density at radius 1 is 1.36 bits per heavy atom. The summed E-state index contributed by atoms with van der Waals surface area (Å²) in [4.78, 5) is 3.94. The fourth-order valence-electron chi connectivity index (χ4n) is 2.01. The average Bonchev–Trinajstić information content (AvgIpc) is 2.45. The normalized spacial score (nSPS) is 13.4. The van der Waals surface area contributed by atoms with E-state index in [-0.39, 0.29) is 12.4 Å². The molecule has 22 heavy (non-hydrogen) atoms. The monoisotopic (exact) mass is 333 g/mol. The van der Waals surface area contributed by atoms with E-state index >= 15 is 0 Å². The number of aromatic nitrogens is 1. The Balaban J connectivity index is 2.54. The van der Waals surface area contributed by atoms with Crippen molar-refractivity contribution in [2.75, 3.05) is 6.61 Å². The van der Waals surface area contributed by atoms with Crippen molar-refractivity contribution in [3.63, 3.8) is 0 Å². The van der Waals surface area contributed by atoms with Crippen molar-refractivity contribution < 1.29 is 23.0 Å². The van der Waals surface area contributed by atoms with Gasteiger partial charge in [0.2, 0.25) is 0 Å². The minimum atomic E-state index is -4.79. The van der Waals surface area contributed by atoms with Crippen LogP contribution in [0, 0.1) is 0 Å². The summed E-state index contributed by atoms with van der Waals surface area (Å²) < 4.78 is 43.9. The molecule has 1 aromatic carbocycles. The highest BCUT2D eigenvalue weighted by Crippen LogP contribution is 2.40. The maximum atomic E-state index is 12.8. The number of alkyl halides is 3. The van der Waals surface area contributed by atoms with Gasteiger partial charge in [0.15, 0.2) is 6.10 Å². The second kappa shape index (κ2) is 6.71. The zero-order valence-electron chi connectivity index (χ0n) is 11.8. The molecular formula is C15H15ClF3NO2. The third-order valence-corrected chi connectivity index (χ3v) is 3.39. The molecule has 0 aliphatic heterocycles. The lowest BCUT2D eigenvalue weighted by molar-refractivity contribution is -0.207. The quantitative estimate of drug-likeness (QED) is 0.809. The van der Waals surface area contributed by atoms with Crippen LogP contribution in [0.2, 0.25) is 5.02 Å². The molecule has 0 aliphatic rings. The van der Waals surface area contributed by atoms with Crippen LogP contribution in [-0.2, 0) is 0 Å². The minimum Gasteiger partial charge on any atom is -0.492 e. The van der Waals surface area contributed by atoms with E-state index in [2.05, 4.69) is 4.98 Å². The Kier molecular flexibility index (Phi) is 5.13. The van der Waals surface area contributed by atoms with E-state index < -0.39 is 17.8 Å². The lowest BCUT2D eigenvalue weighted by Crippen LogP contribution is -2.21. The second-order valence-corrected chi connectivity index (χ2v) is 5.29. The van der Waals surface area contributed by atoms with Crippen molar-refractivity contribution in [3.8, 4) is 5.75 Å². The molecular weight excluding hydrogens is 319 g/mol. The molecule has 0 fully saturated rings. The van der Waals surface area contributed by atoms with Crippen LogP contribution in [0.25, 0.3) is 10.9 Å². The number of pyridine rings is 1. The first-order valence-electron chi connectivity index (χ1n) is 6.80. The highest BCUT2D eigenvalue weighted by Gasteiger charge is 2.41. The zero-order chi connectivity index (χ0) is 16.3. The topological polar surface area (TPSA) is 42.4 Å². The molecule has 0 aliphatic carbocycles. The number of ether oxygens (including phenoxy) is 1. The third kappa shape index (κ3) is 3.62. The van der Waals surface area contributed by atoms with Crippen molar-refractivity contribution in [2.45, 2.75) is 32.0 Å². The van der Waals surface area contributed by atoms with Gasteiger partial charge in [-0.25, -0.2) is 0 Å². The van der Waals surface area contributed by atoms with E-state index in [1.54, 1.807) is 12.1 Å². The van der Waals surface area contributed by atoms with Crippen LogP contribution in [0.5, 0.6) is 5.75 Å². The Morgan fingerprint density at radius 2 is 2.09 bits per heavy atom. The first kappa shape index (κ1) is 16.8. The molecule has 1 aromatic heterocycles. The van der Waals surface area contributed by atoms with Crippen LogP contribution in [0.4, 0.5) is 13.2 Å². The number of hydrogen-bond donors (Lipinski definition) is 1. The van der Waals surface area contributed by atoms with E-state index in [9.17, 15) is 18.3 Å². The number of benzene rings is 1. The predicted molar refractivity (Wildman–Crippen MR) is 78.2 cm³/mol. The summed E-state index contributed by atoms with van der Waals surface area (Å²) in [6.07, 6.45) is -4.91. The Hall–Kier alpha value is -1.53. The van der Waals surface area contributed by atoms with Gasteiger partial charge < -0.3 is 9.84 Å². The first-order valence-corrected chi connectivity index (χ1v) is 7.18. The predicted octanol–water partition coefficient (Wildman–Crippen LogP) is 4.66. The molecule has 3 nitrogen and oxygen atoms in total. The van der Waals surface area contributed by atoms with Crippen LogP contribution >= 0.6 is 11.6 Å². The van der Waals surface area contributed by atoms with Crippen molar-refractivity contribution in [1.82, 2.24) is 4.98 Å². The Labute approximate surface area is 130 Å². The van der Waals surface area contributed by atoms with Gasteiger partial charge in [0.05, 0.1) is 17.7 Å². The maximum Gasteiger partial charge on any atom is 0.418 e. The van der Waals surface area contributed by atoms with Gasteiger partial charge in [0.25, 0.3) is 0 Å². The summed E-state index contributed by atoms with van der Waals surface area (Å²) in [7, 11) is 0. The molecule has 1 unspecified atom stereocenters. The van der Waals surface area contributed by atoms with Gasteiger partial charge in [-0.15, -0.1) is 0 Å². The highest BCUT2D eigenvalue weighted by molar-refractivity contribution is 6.31. The number of fused-ring (bicyclic) bond motifs is 1. The van der Waals surface area contributed by atoms with Crippen LogP contribution in [0.1, 0.15) is 31.4 Å². The van der Waals surface area contributed by atoms with Crippen molar-refractivity contribution in [1.29, 1.82) is 0 Å². The van der Waals surface area contributed by atoms with Gasteiger partial charge in [-0.3, -0.25) is 4.98 Å². The number of unbranched alkanes of at least 4 members (excludes halogenated alkanes) is 1. The Bertz CT molecular complexity index is 661. The van der Waals surface area contributed by atoms with Gasteiger partial charge in [-0.2, -0.15) is 13.2 Å². The molecule has 2 rings (SSSR count). The summed E-state index contributed by atoms with van der Waals surface area (Å²) in [6.45, 7) is 2.20. The van der Waals surface area contributed by atoms with E-state index in [0.29, 0.717) is 22.3 Å². The molecule has 7 heteroatoms. The summed E-state index contributed by atoms with van der Waals surface area (Å²) in [5.74, 6) is -0.0000540. The average molecular weight is 334 g/mol. The maximum absolute atomic E-state index is 12.8. The number of nitrogens with zero attached hydrogens (tertiary/aromatic N) is 1. The third-order valence-electron chi connectivity index (χ3n) is 3.16. The molecule has 120 valence electrons. The molecule has 2 aromatic rings. The first-order chi connectivity index (χ1) is 10.3. The van der Waals surface area contributed by atoms with Gasteiger partial charge in [0.1, 0.15) is 5.75 Å². The standard InChI is InChI=1S/C15H15ClF3NO2/c1-2-3-6-22-13-10-5-4-9(16)7-12(10)20-8-11(13)14(21)15(17,18)19/h4-5,7-8,14,21H,2-3,6H2,1H3. The number of hydrogen-bond acceptors (Lipinski definition) is 3. The van der Waals surface area contributed by atoms with Crippen LogP contribution in [0.15, 0.2) is 24.4 Å². The molecule has 0 saturated heterocycles. The molecule has 1 atom stereocenters. The summed E-state index contributed by atoms with van der Waals surface area (Å²) in [5.41, 5.74) is 0.0237. The second-order valence-electron chi connectivity index (χ2n) is 4.85. The highest BCUT2D eigenvalue weighted by atomic mass is 35.5. The minimum absolute atomic E-state index is 0.0000540. The SMILES string of the molecule is CCCCOc1c(C(O)C(F)(F)F)cnc2cc(Cl)ccc12. The number of rotatable bonds is 5. The zero-order valence-corrected chi connectivity index (χ0v) is 12.6. The molecule has 1 heterocycles. The van der Waals surface area contributed by atoms with Crippen LogP contribution in [0.3, 0.4) is 0 Å². The van der Waals surface area contributed by atoms with E-state index in [1.165, 1.54) is 6.07 Å². The molecule has 0 saturated carbocycles. The van der Waals surface area contributed by atoms with Gasteiger partial charge >= 0.3 is 6.18 Å². The fraction of sp³-hybridized carbons (Fsp3) is 0.400. The van der Waals surface area contributed by atoms with Gasteiger partial charge in [-0.1, -0.05) is 24.9 Å². The van der Waals surface area contributed by atoms with Gasteiger partial charge in [0, 0.05) is 16.6 Å². The Morgan fingerprint density at radius 3 is 2.73 bits per heavy atom. The lowest BCUT2D eigenvalue weighted by atomic mass is 10.1. The van der Waals surface area contributed by atoms with Gasteiger partial charge in [-0.05, 0) is 24.6 Å². The van der Waals surface area contributed by atoms with Crippen molar-refractivity contribution >= 4 is 22.5 Å². The molecule has 0 spiro atoms. The summed E-state index contributed by atoms with van der Waals surface area (Å²) in [5, 5.41) is 10.3. The van der Waals surface area contributed by atoms with Crippen molar-refractivity contribution in [3.05, 3.63) is 35.0 Å². The lowest BCUT2D eigenvalue weighted by Gasteiger charge is -2.19. The van der Waals surface area contributed by atoms with Crippen molar-refractivity contribution in [2.24, 2.45) is 0 Å². The molecule has 0 radical (unpaired) electrons.